The molecule has 10 heteroatoms. The number of nitrogens with zero attached hydrogens (tertiary/aromatic N) is 3. The maximum absolute atomic E-state index is 12.5. The first-order valence-corrected chi connectivity index (χ1v) is 8.27. The highest BCUT2D eigenvalue weighted by atomic mass is 35.5. The van der Waals surface area contributed by atoms with E-state index in [9.17, 15) is 18.0 Å². The Kier molecular flexibility index (Phi) is 5.66. The Labute approximate surface area is 162 Å². The van der Waals surface area contributed by atoms with Crippen molar-refractivity contribution in [3.63, 3.8) is 0 Å². The van der Waals surface area contributed by atoms with Crippen molar-refractivity contribution in [3.8, 4) is 11.4 Å². The molecule has 0 saturated carbocycles. The van der Waals surface area contributed by atoms with E-state index in [0.717, 1.165) is 5.06 Å². The number of carbonyl (C=O) groups excluding carboxylic acids is 1. The summed E-state index contributed by atoms with van der Waals surface area (Å²) in [5.74, 6) is -1.96. The van der Waals surface area contributed by atoms with Gasteiger partial charge < -0.3 is 4.52 Å². The summed E-state index contributed by atoms with van der Waals surface area (Å²) in [6, 6.07) is 12.7. The molecule has 0 fully saturated rings. The summed E-state index contributed by atoms with van der Waals surface area (Å²) in [6.45, 7) is 0.123. The van der Waals surface area contributed by atoms with Crippen molar-refractivity contribution in [1.29, 1.82) is 0 Å². The molecule has 0 unspecified atom stereocenters. The highest BCUT2D eigenvalue weighted by molar-refractivity contribution is 6.30. The Morgan fingerprint density at radius 1 is 1.14 bits per heavy atom. The van der Waals surface area contributed by atoms with Crippen LogP contribution < -0.4 is 0 Å². The molecule has 3 rings (SSSR count). The predicted molar refractivity (Wildman–Crippen MR) is 93.1 cm³/mol. The number of alkyl halides is 3. The highest BCUT2D eigenvalue weighted by Gasteiger charge is 2.38. The first kappa shape index (κ1) is 19.8. The van der Waals surface area contributed by atoms with Gasteiger partial charge in [0.25, 0.3) is 5.91 Å². The van der Waals surface area contributed by atoms with Gasteiger partial charge in [-0.1, -0.05) is 41.0 Å². The molecule has 0 aliphatic carbocycles. The molecule has 0 aliphatic heterocycles. The fourth-order valence-electron chi connectivity index (χ4n) is 2.34. The van der Waals surface area contributed by atoms with Crippen LogP contribution in [0.25, 0.3) is 11.4 Å². The SMILES string of the molecule is CON(Cc1ccc(-c2noc(C(F)(F)F)n2)cc1)C(=O)c1ccc(Cl)cc1. The number of hydrogen-bond donors (Lipinski definition) is 0. The maximum atomic E-state index is 12.5. The van der Waals surface area contributed by atoms with E-state index in [-0.39, 0.29) is 18.3 Å². The third kappa shape index (κ3) is 4.49. The van der Waals surface area contributed by atoms with Crippen LogP contribution in [0.15, 0.2) is 53.1 Å². The molecule has 0 atom stereocenters. The monoisotopic (exact) mass is 411 g/mol. The summed E-state index contributed by atoms with van der Waals surface area (Å²) >= 11 is 5.82. The van der Waals surface area contributed by atoms with Crippen molar-refractivity contribution in [1.82, 2.24) is 15.2 Å². The molecule has 2 aromatic carbocycles. The van der Waals surface area contributed by atoms with Gasteiger partial charge in [-0.15, -0.1) is 0 Å². The standard InChI is InChI=1S/C18H13ClF3N3O3/c1-27-25(16(26)13-6-8-14(19)9-7-13)10-11-2-4-12(5-3-11)15-23-17(28-24-15)18(20,21)22/h2-9H,10H2,1H3. The molecule has 1 amide bonds. The Bertz CT molecular complexity index is 957. The lowest BCUT2D eigenvalue weighted by atomic mass is 10.1. The number of halogens is 4. The van der Waals surface area contributed by atoms with Crippen molar-refractivity contribution in [2.45, 2.75) is 12.7 Å². The van der Waals surface area contributed by atoms with Crippen LogP contribution in [-0.2, 0) is 17.6 Å². The lowest BCUT2D eigenvalue weighted by molar-refractivity contribution is -0.159. The first-order chi connectivity index (χ1) is 13.3. The maximum Gasteiger partial charge on any atom is 0.471 e. The largest absolute Gasteiger partial charge is 0.471 e. The fourth-order valence-corrected chi connectivity index (χ4v) is 2.46. The molecule has 146 valence electrons. The van der Waals surface area contributed by atoms with Gasteiger partial charge in [0, 0.05) is 16.1 Å². The van der Waals surface area contributed by atoms with Gasteiger partial charge in [0.1, 0.15) is 0 Å². The summed E-state index contributed by atoms with van der Waals surface area (Å²) in [5, 5.41) is 4.98. The van der Waals surface area contributed by atoms with E-state index in [1.54, 1.807) is 36.4 Å². The molecule has 0 bridgehead atoms. The third-order valence-corrected chi connectivity index (χ3v) is 4.00. The molecule has 0 saturated heterocycles. The normalized spacial score (nSPS) is 11.5. The van der Waals surface area contributed by atoms with Gasteiger partial charge in [-0.05, 0) is 29.8 Å². The summed E-state index contributed by atoms with van der Waals surface area (Å²) in [7, 11) is 1.36. The van der Waals surface area contributed by atoms with Gasteiger partial charge in [0.05, 0.1) is 13.7 Å². The molecule has 0 spiro atoms. The molecular weight excluding hydrogens is 399 g/mol. The molecule has 0 aliphatic rings. The summed E-state index contributed by atoms with van der Waals surface area (Å²) in [4.78, 5) is 21.0. The van der Waals surface area contributed by atoms with E-state index in [1.165, 1.54) is 19.2 Å². The molecule has 0 N–H and O–H groups in total. The van der Waals surface area contributed by atoms with Crippen LogP contribution in [0.5, 0.6) is 0 Å². The van der Waals surface area contributed by atoms with Crippen LogP contribution in [0, 0.1) is 0 Å². The first-order valence-electron chi connectivity index (χ1n) is 7.89. The molecule has 0 radical (unpaired) electrons. The average molecular weight is 412 g/mol. The average Bonchev–Trinajstić information content (AvgIpc) is 3.17. The van der Waals surface area contributed by atoms with Gasteiger partial charge >= 0.3 is 12.1 Å². The molecular formula is C18H13ClF3N3O3. The number of hydroxylamine groups is 2. The van der Waals surface area contributed by atoms with Gasteiger partial charge in [0.2, 0.25) is 5.82 Å². The summed E-state index contributed by atoms with van der Waals surface area (Å²) in [6.07, 6.45) is -4.70. The molecule has 28 heavy (non-hydrogen) atoms. The van der Waals surface area contributed by atoms with Gasteiger partial charge in [0.15, 0.2) is 0 Å². The Balaban J connectivity index is 1.73. The Morgan fingerprint density at radius 3 is 2.32 bits per heavy atom. The second-order valence-electron chi connectivity index (χ2n) is 5.65. The number of aromatic nitrogens is 2. The van der Waals surface area contributed by atoms with Crippen LogP contribution in [-0.4, -0.2) is 28.2 Å². The third-order valence-electron chi connectivity index (χ3n) is 3.74. The second kappa shape index (κ2) is 7.99. The number of amides is 1. The van der Waals surface area contributed by atoms with E-state index in [2.05, 4.69) is 14.7 Å². The van der Waals surface area contributed by atoms with E-state index in [4.69, 9.17) is 16.4 Å². The van der Waals surface area contributed by atoms with Crippen molar-refractivity contribution < 1.29 is 27.3 Å². The van der Waals surface area contributed by atoms with Crippen LogP contribution in [0.3, 0.4) is 0 Å². The summed E-state index contributed by atoms with van der Waals surface area (Å²) in [5.41, 5.74) is 1.43. The highest BCUT2D eigenvalue weighted by Crippen LogP contribution is 2.29. The zero-order chi connectivity index (χ0) is 20.3. The lowest BCUT2D eigenvalue weighted by Gasteiger charge is -2.20. The van der Waals surface area contributed by atoms with E-state index >= 15 is 0 Å². The van der Waals surface area contributed by atoms with Crippen LogP contribution in [0.4, 0.5) is 13.2 Å². The van der Waals surface area contributed by atoms with Gasteiger partial charge in [-0.3, -0.25) is 9.63 Å². The zero-order valence-electron chi connectivity index (χ0n) is 14.4. The zero-order valence-corrected chi connectivity index (χ0v) is 15.2. The van der Waals surface area contributed by atoms with Crippen molar-refractivity contribution in [2.24, 2.45) is 0 Å². The second-order valence-corrected chi connectivity index (χ2v) is 6.09. The Hall–Kier alpha value is -2.91. The number of hydrogen-bond acceptors (Lipinski definition) is 5. The Morgan fingerprint density at radius 2 is 1.79 bits per heavy atom. The lowest BCUT2D eigenvalue weighted by Crippen LogP contribution is -2.29. The van der Waals surface area contributed by atoms with Crippen LogP contribution >= 0.6 is 11.6 Å². The van der Waals surface area contributed by atoms with Gasteiger partial charge in [-0.2, -0.15) is 18.2 Å². The van der Waals surface area contributed by atoms with Gasteiger partial charge in [-0.25, -0.2) is 5.06 Å². The molecule has 1 heterocycles. The minimum absolute atomic E-state index is 0.123. The quantitative estimate of drug-likeness (QED) is 0.573. The fraction of sp³-hybridized carbons (Fsp3) is 0.167. The number of carbonyl (C=O) groups is 1. The van der Waals surface area contributed by atoms with Crippen LogP contribution in [0.2, 0.25) is 5.02 Å². The topological polar surface area (TPSA) is 68.5 Å². The van der Waals surface area contributed by atoms with Crippen molar-refractivity contribution in [2.75, 3.05) is 7.11 Å². The number of rotatable bonds is 5. The predicted octanol–water partition coefficient (Wildman–Crippen LogP) is 4.61. The molecule has 1 aromatic heterocycles. The smallest absolute Gasteiger partial charge is 0.329 e. The minimum Gasteiger partial charge on any atom is -0.329 e. The summed E-state index contributed by atoms with van der Waals surface area (Å²) < 4.78 is 41.9. The van der Waals surface area contributed by atoms with Crippen LogP contribution in [0.1, 0.15) is 21.8 Å². The van der Waals surface area contributed by atoms with E-state index in [0.29, 0.717) is 21.7 Å². The van der Waals surface area contributed by atoms with Crippen molar-refractivity contribution in [3.05, 3.63) is 70.6 Å². The van der Waals surface area contributed by atoms with E-state index < -0.39 is 12.1 Å². The number of benzene rings is 2. The minimum atomic E-state index is -4.70. The molecule has 6 nitrogen and oxygen atoms in total. The van der Waals surface area contributed by atoms with Crippen molar-refractivity contribution >= 4 is 17.5 Å². The molecule has 3 aromatic rings. The van der Waals surface area contributed by atoms with E-state index in [1.807, 2.05) is 0 Å².